The van der Waals surface area contributed by atoms with Gasteiger partial charge in [0.05, 0.1) is 10.0 Å². The van der Waals surface area contributed by atoms with Crippen molar-refractivity contribution < 1.29 is 4.79 Å². The fraction of sp³-hybridized carbons (Fsp3) is 0.250. The van der Waals surface area contributed by atoms with Gasteiger partial charge in [0.1, 0.15) is 0 Å². The van der Waals surface area contributed by atoms with Crippen molar-refractivity contribution in [3.8, 4) is 0 Å². The summed E-state index contributed by atoms with van der Waals surface area (Å²) in [6, 6.07) is 5.24. The summed E-state index contributed by atoms with van der Waals surface area (Å²) in [6.07, 6.45) is 1.99. The van der Waals surface area contributed by atoms with Crippen molar-refractivity contribution >= 4 is 29.0 Å². The van der Waals surface area contributed by atoms with Crippen LogP contribution in [0, 0.1) is 0 Å². The fourth-order valence-electron chi connectivity index (χ4n) is 1.22. The topological polar surface area (TPSA) is 17.1 Å². The summed E-state index contributed by atoms with van der Waals surface area (Å²) in [4.78, 5) is 11.5. The number of carbonyl (C=O) groups is 1. The highest BCUT2D eigenvalue weighted by Gasteiger charge is 2.03. The predicted octanol–water partition coefficient (Wildman–Crippen LogP) is 4.07. The first-order chi connectivity index (χ1) is 6.99. The van der Waals surface area contributed by atoms with Crippen LogP contribution in [0.1, 0.15) is 19.4 Å². The Balaban J connectivity index is 2.78. The Hall–Kier alpha value is -0.790. The van der Waals surface area contributed by atoms with E-state index in [0.29, 0.717) is 16.5 Å². The van der Waals surface area contributed by atoms with Crippen LogP contribution in [0.3, 0.4) is 0 Å². The molecule has 0 spiro atoms. The Labute approximate surface area is 99.7 Å². The van der Waals surface area contributed by atoms with Gasteiger partial charge in [-0.1, -0.05) is 34.8 Å². The third-order valence-electron chi connectivity index (χ3n) is 1.81. The minimum absolute atomic E-state index is 0.0772. The zero-order chi connectivity index (χ0) is 11.4. The Morgan fingerprint density at radius 1 is 1.27 bits per heavy atom. The second-order valence-electron chi connectivity index (χ2n) is 3.61. The van der Waals surface area contributed by atoms with Gasteiger partial charge >= 0.3 is 0 Å². The molecule has 0 bridgehead atoms. The van der Waals surface area contributed by atoms with Crippen molar-refractivity contribution in [2.24, 2.45) is 0 Å². The van der Waals surface area contributed by atoms with Crippen LogP contribution in [0.4, 0.5) is 0 Å². The number of hydrogen-bond donors (Lipinski definition) is 0. The van der Waals surface area contributed by atoms with Crippen LogP contribution in [0.5, 0.6) is 0 Å². The average molecular weight is 243 g/mol. The lowest BCUT2D eigenvalue weighted by Crippen LogP contribution is -1.99. The van der Waals surface area contributed by atoms with Gasteiger partial charge in [0.15, 0.2) is 5.78 Å². The molecule has 0 aliphatic rings. The van der Waals surface area contributed by atoms with Gasteiger partial charge < -0.3 is 0 Å². The predicted molar refractivity (Wildman–Crippen MR) is 64.6 cm³/mol. The van der Waals surface area contributed by atoms with Crippen LogP contribution >= 0.6 is 23.2 Å². The van der Waals surface area contributed by atoms with Crippen molar-refractivity contribution in [1.82, 2.24) is 0 Å². The van der Waals surface area contributed by atoms with Gasteiger partial charge in [-0.05, 0) is 37.6 Å². The molecule has 0 saturated heterocycles. The lowest BCUT2D eigenvalue weighted by atomic mass is 10.1. The Morgan fingerprint density at radius 3 is 2.47 bits per heavy atom. The largest absolute Gasteiger partial charge is 0.294 e. The van der Waals surface area contributed by atoms with Crippen LogP contribution in [-0.4, -0.2) is 5.78 Å². The number of hydrogen-bond acceptors (Lipinski definition) is 1. The summed E-state index contributed by atoms with van der Waals surface area (Å²) in [6.45, 7) is 3.79. The van der Waals surface area contributed by atoms with Crippen molar-refractivity contribution in [2.45, 2.75) is 20.3 Å². The smallest absolute Gasteiger partial charge is 0.159 e. The van der Waals surface area contributed by atoms with Crippen LogP contribution in [0.15, 0.2) is 29.8 Å². The van der Waals surface area contributed by atoms with E-state index in [4.69, 9.17) is 23.2 Å². The first kappa shape index (κ1) is 12.3. The minimum atomic E-state index is 0.0772. The second kappa shape index (κ2) is 5.34. The highest BCUT2D eigenvalue weighted by molar-refractivity contribution is 6.42. The third kappa shape index (κ3) is 4.06. The van der Waals surface area contributed by atoms with Crippen LogP contribution in [0.2, 0.25) is 10.0 Å². The number of allylic oxidation sites excluding steroid dienone is 2. The first-order valence-corrected chi connectivity index (χ1v) is 5.36. The monoisotopic (exact) mass is 242 g/mol. The van der Waals surface area contributed by atoms with E-state index in [1.165, 1.54) is 0 Å². The third-order valence-corrected chi connectivity index (χ3v) is 2.55. The molecule has 15 heavy (non-hydrogen) atoms. The standard InChI is InChI=1S/C12H12Cl2O/c1-8(2)5-10(15)6-9-3-4-11(13)12(14)7-9/h3-5,7H,6H2,1-2H3. The molecule has 1 rings (SSSR count). The average Bonchev–Trinajstić information content (AvgIpc) is 2.10. The maximum absolute atomic E-state index is 11.5. The van der Waals surface area contributed by atoms with Gasteiger partial charge in [-0.3, -0.25) is 4.79 Å². The van der Waals surface area contributed by atoms with Gasteiger partial charge in [0.25, 0.3) is 0 Å². The molecular weight excluding hydrogens is 231 g/mol. The van der Waals surface area contributed by atoms with Crippen molar-refractivity contribution in [2.75, 3.05) is 0 Å². The minimum Gasteiger partial charge on any atom is -0.294 e. The SMILES string of the molecule is CC(C)=CC(=O)Cc1ccc(Cl)c(Cl)c1. The van der Waals surface area contributed by atoms with E-state index in [1.54, 1.807) is 18.2 Å². The molecule has 0 atom stereocenters. The normalized spacial score (nSPS) is 9.87. The maximum Gasteiger partial charge on any atom is 0.159 e. The molecule has 0 radical (unpaired) electrons. The number of rotatable bonds is 3. The van der Waals surface area contributed by atoms with E-state index in [0.717, 1.165) is 11.1 Å². The van der Waals surface area contributed by atoms with Gasteiger partial charge in [0, 0.05) is 6.42 Å². The summed E-state index contributed by atoms with van der Waals surface area (Å²) in [5, 5.41) is 0.995. The van der Waals surface area contributed by atoms with E-state index in [9.17, 15) is 4.79 Å². The molecule has 1 aromatic carbocycles. The van der Waals surface area contributed by atoms with Gasteiger partial charge in [0.2, 0.25) is 0 Å². The quantitative estimate of drug-likeness (QED) is 0.731. The van der Waals surface area contributed by atoms with E-state index >= 15 is 0 Å². The van der Waals surface area contributed by atoms with Crippen molar-refractivity contribution in [3.05, 3.63) is 45.5 Å². The van der Waals surface area contributed by atoms with Crippen molar-refractivity contribution in [1.29, 1.82) is 0 Å². The molecule has 0 N–H and O–H groups in total. The summed E-state index contributed by atoms with van der Waals surface area (Å²) in [5.74, 6) is 0.0772. The lowest BCUT2D eigenvalue weighted by Gasteiger charge is -2.00. The summed E-state index contributed by atoms with van der Waals surface area (Å²) in [5.41, 5.74) is 1.88. The van der Waals surface area contributed by atoms with Gasteiger partial charge in [-0.25, -0.2) is 0 Å². The van der Waals surface area contributed by atoms with Gasteiger partial charge in [-0.2, -0.15) is 0 Å². The number of halogens is 2. The molecular formula is C12H12Cl2O. The summed E-state index contributed by atoms with van der Waals surface area (Å²) >= 11 is 11.6. The number of ketones is 1. The van der Waals surface area contributed by atoms with E-state index in [2.05, 4.69) is 0 Å². The molecule has 1 aromatic rings. The number of carbonyl (C=O) groups excluding carboxylic acids is 1. The van der Waals surface area contributed by atoms with Gasteiger partial charge in [-0.15, -0.1) is 0 Å². The highest BCUT2D eigenvalue weighted by Crippen LogP contribution is 2.22. The molecule has 1 nitrogen and oxygen atoms in total. The zero-order valence-corrected chi connectivity index (χ0v) is 10.2. The van der Waals surface area contributed by atoms with E-state index in [1.807, 2.05) is 19.9 Å². The molecule has 0 aliphatic carbocycles. The van der Waals surface area contributed by atoms with Crippen molar-refractivity contribution in [3.63, 3.8) is 0 Å². The van der Waals surface area contributed by atoms with E-state index in [-0.39, 0.29) is 5.78 Å². The Kier molecular flexibility index (Phi) is 4.37. The Morgan fingerprint density at radius 2 is 1.93 bits per heavy atom. The molecule has 0 unspecified atom stereocenters. The summed E-state index contributed by atoms with van der Waals surface area (Å²) < 4.78 is 0. The first-order valence-electron chi connectivity index (χ1n) is 4.60. The maximum atomic E-state index is 11.5. The molecule has 0 fully saturated rings. The molecule has 3 heteroatoms. The summed E-state index contributed by atoms with van der Waals surface area (Å²) in [7, 11) is 0. The van der Waals surface area contributed by atoms with Crippen LogP contribution in [0.25, 0.3) is 0 Å². The highest BCUT2D eigenvalue weighted by atomic mass is 35.5. The molecule has 80 valence electrons. The second-order valence-corrected chi connectivity index (χ2v) is 4.43. The molecule has 0 saturated carbocycles. The zero-order valence-electron chi connectivity index (χ0n) is 8.68. The molecule has 0 aliphatic heterocycles. The molecule has 0 aromatic heterocycles. The molecule has 0 amide bonds. The molecule has 0 heterocycles. The van der Waals surface area contributed by atoms with Crippen LogP contribution < -0.4 is 0 Å². The van der Waals surface area contributed by atoms with E-state index < -0.39 is 0 Å². The fourth-order valence-corrected chi connectivity index (χ4v) is 1.54. The number of benzene rings is 1. The van der Waals surface area contributed by atoms with Crippen LogP contribution in [-0.2, 0) is 11.2 Å². The Bertz CT molecular complexity index is 404. The lowest BCUT2D eigenvalue weighted by molar-refractivity contribution is -0.114.